The van der Waals surface area contributed by atoms with Crippen LogP contribution in [0, 0.1) is 24.5 Å². The number of carbonyl (C=O) groups excluding carboxylic acids is 2. The first-order valence-electron chi connectivity index (χ1n) is 12.9. The minimum absolute atomic E-state index is 0.0479. The average molecular weight is 575 g/mol. The van der Waals surface area contributed by atoms with Crippen LogP contribution in [0.1, 0.15) is 40.4 Å². The molecule has 0 aliphatic carbocycles. The standard InChI is InChI=1S/C27H28F2N4O6S/c1-18-25(23(39-30-18)7-5-19-4-6-21(28)17-22(19)29)40(36,37)33-10-8-20(9-11-33)26(34)31-12-14-32(15-13-31)27(35)24-3-2-16-38-24/h2-7,16-17,20H,8-15H2,1H3/b7-5+. The molecule has 40 heavy (non-hydrogen) atoms. The second-order valence-electron chi connectivity index (χ2n) is 9.73. The van der Waals surface area contributed by atoms with Gasteiger partial charge in [0.1, 0.15) is 17.3 Å². The number of furan rings is 1. The zero-order valence-corrected chi connectivity index (χ0v) is 22.6. The van der Waals surface area contributed by atoms with Gasteiger partial charge in [0.2, 0.25) is 15.9 Å². The normalized spacial score (nSPS) is 17.6. The van der Waals surface area contributed by atoms with Crippen molar-refractivity contribution in [1.29, 1.82) is 0 Å². The van der Waals surface area contributed by atoms with Crippen LogP contribution in [0.4, 0.5) is 8.78 Å². The van der Waals surface area contributed by atoms with Crippen LogP contribution in [0.15, 0.2) is 50.4 Å². The Bertz CT molecular complexity index is 1520. The Kier molecular flexibility index (Phi) is 7.86. The number of carbonyl (C=O) groups is 2. The molecule has 2 aromatic heterocycles. The van der Waals surface area contributed by atoms with Crippen molar-refractivity contribution in [3.05, 3.63) is 71.0 Å². The summed E-state index contributed by atoms with van der Waals surface area (Å²) in [7, 11) is -4.02. The van der Waals surface area contributed by atoms with E-state index in [2.05, 4.69) is 5.16 Å². The fourth-order valence-corrected chi connectivity index (χ4v) is 6.74. The van der Waals surface area contributed by atoms with E-state index < -0.39 is 21.7 Å². The lowest BCUT2D eigenvalue weighted by Crippen LogP contribution is -2.53. The monoisotopic (exact) mass is 574 g/mol. The lowest BCUT2D eigenvalue weighted by molar-refractivity contribution is -0.138. The zero-order valence-electron chi connectivity index (χ0n) is 21.8. The molecule has 0 unspecified atom stereocenters. The van der Waals surface area contributed by atoms with Gasteiger partial charge in [-0.05, 0) is 56.2 Å². The predicted molar refractivity (Wildman–Crippen MR) is 139 cm³/mol. The van der Waals surface area contributed by atoms with Gasteiger partial charge in [-0.25, -0.2) is 17.2 Å². The summed E-state index contributed by atoms with van der Waals surface area (Å²) < 4.78 is 65.9. The molecular weight excluding hydrogens is 546 g/mol. The molecule has 0 radical (unpaired) electrons. The number of piperidine rings is 1. The molecule has 2 amide bonds. The van der Waals surface area contributed by atoms with E-state index in [4.69, 9.17) is 8.94 Å². The molecule has 0 spiro atoms. The number of piperazine rings is 1. The van der Waals surface area contributed by atoms with Crippen LogP contribution < -0.4 is 0 Å². The first kappa shape index (κ1) is 27.7. The highest BCUT2D eigenvalue weighted by Crippen LogP contribution is 2.30. The van der Waals surface area contributed by atoms with Crippen molar-refractivity contribution in [2.75, 3.05) is 39.3 Å². The van der Waals surface area contributed by atoms with Gasteiger partial charge in [0.25, 0.3) is 5.91 Å². The molecule has 0 bridgehead atoms. The molecule has 2 saturated heterocycles. The molecule has 1 aromatic carbocycles. The highest BCUT2D eigenvalue weighted by Gasteiger charge is 2.37. The Labute approximate surface area is 229 Å². The maximum Gasteiger partial charge on any atom is 0.289 e. The number of nitrogens with zero attached hydrogens (tertiary/aromatic N) is 4. The molecule has 0 saturated carbocycles. The van der Waals surface area contributed by atoms with Gasteiger partial charge < -0.3 is 18.7 Å². The van der Waals surface area contributed by atoms with Crippen molar-refractivity contribution in [2.45, 2.75) is 24.7 Å². The summed E-state index contributed by atoms with van der Waals surface area (Å²) in [5.74, 6) is -1.92. The molecule has 3 aromatic rings. The second-order valence-corrected chi connectivity index (χ2v) is 11.6. The van der Waals surface area contributed by atoms with Crippen LogP contribution in [-0.2, 0) is 14.8 Å². The van der Waals surface area contributed by atoms with Crippen LogP contribution in [-0.4, -0.2) is 78.8 Å². The fourth-order valence-electron chi connectivity index (χ4n) is 5.02. The highest BCUT2D eigenvalue weighted by atomic mass is 32.2. The van der Waals surface area contributed by atoms with Crippen molar-refractivity contribution < 1.29 is 35.7 Å². The molecule has 2 aliphatic rings. The van der Waals surface area contributed by atoms with Crippen molar-refractivity contribution >= 4 is 34.0 Å². The van der Waals surface area contributed by atoms with Crippen LogP contribution in [0.2, 0.25) is 0 Å². The summed E-state index contributed by atoms with van der Waals surface area (Å²) in [5.41, 5.74) is 0.212. The molecule has 0 atom stereocenters. The second kappa shape index (κ2) is 11.3. The lowest BCUT2D eigenvalue weighted by atomic mass is 9.96. The number of hydrogen-bond donors (Lipinski definition) is 0. The summed E-state index contributed by atoms with van der Waals surface area (Å²) in [6, 6.07) is 6.31. The summed E-state index contributed by atoms with van der Waals surface area (Å²) in [6.07, 6.45) is 4.71. The average Bonchev–Trinajstić information content (AvgIpc) is 3.62. The first-order valence-corrected chi connectivity index (χ1v) is 14.3. The number of aromatic nitrogens is 1. The van der Waals surface area contributed by atoms with Gasteiger partial charge >= 0.3 is 0 Å². The third kappa shape index (κ3) is 5.56. The van der Waals surface area contributed by atoms with Gasteiger partial charge in [0.15, 0.2) is 16.4 Å². The van der Waals surface area contributed by atoms with Gasteiger partial charge in [0, 0.05) is 56.8 Å². The molecule has 212 valence electrons. The van der Waals surface area contributed by atoms with E-state index in [1.165, 1.54) is 35.7 Å². The van der Waals surface area contributed by atoms with E-state index in [0.29, 0.717) is 39.0 Å². The molecule has 0 N–H and O–H groups in total. The van der Waals surface area contributed by atoms with Crippen molar-refractivity contribution in [1.82, 2.24) is 19.3 Å². The topological polar surface area (TPSA) is 117 Å². The van der Waals surface area contributed by atoms with E-state index in [1.807, 2.05) is 0 Å². The van der Waals surface area contributed by atoms with E-state index in [0.717, 1.165) is 12.1 Å². The van der Waals surface area contributed by atoms with Crippen molar-refractivity contribution in [3.63, 3.8) is 0 Å². The van der Waals surface area contributed by atoms with Gasteiger partial charge in [-0.2, -0.15) is 4.31 Å². The van der Waals surface area contributed by atoms with E-state index >= 15 is 0 Å². The number of sulfonamides is 1. The maximum atomic E-state index is 14.0. The lowest BCUT2D eigenvalue weighted by Gasteiger charge is -2.38. The maximum absolute atomic E-state index is 14.0. The number of benzene rings is 1. The van der Waals surface area contributed by atoms with Crippen molar-refractivity contribution in [2.24, 2.45) is 5.92 Å². The number of hydrogen-bond acceptors (Lipinski definition) is 7. The van der Waals surface area contributed by atoms with E-state index in [9.17, 15) is 26.8 Å². The largest absolute Gasteiger partial charge is 0.459 e. The number of amides is 2. The van der Waals surface area contributed by atoms with Crippen molar-refractivity contribution in [3.8, 4) is 0 Å². The summed E-state index contributed by atoms with van der Waals surface area (Å²) in [6.45, 7) is 3.35. The number of aryl methyl sites for hydroxylation is 1. The smallest absolute Gasteiger partial charge is 0.289 e. The van der Waals surface area contributed by atoms with Gasteiger partial charge in [-0.3, -0.25) is 9.59 Å². The minimum atomic E-state index is -4.02. The van der Waals surface area contributed by atoms with Gasteiger partial charge in [-0.1, -0.05) is 5.16 Å². The Morgan fingerprint density at radius 3 is 2.35 bits per heavy atom. The van der Waals surface area contributed by atoms with Crippen LogP contribution in [0.5, 0.6) is 0 Å². The summed E-state index contributed by atoms with van der Waals surface area (Å²) in [5, 5.41) is 3.79. The third-order valence-corrected chi connectivity index (χ3v) is 9.28. The molecule has 4 heterocycles. The summed E-state index contributed by atoms with van der Waals surface area (Å²) >= 11 is 0. The molecule has 13 heteroatoms. The SMILES string of the molecule is Cc1noc(/C=C/c2ccc(F)cc2F)c1S(=O)(=O)N1CCC(C(=O)N2CCN(C(=O)c3ccco3)CC2)CC1. The minimum Gasteiger partial charge on any atom is -0.459 e. The molecule has 2 aliphatic heterocycles. The fraction of sp³-hybridized carbons (Fsp3) is 0.370. The Balaban J connectivity index is 1.20. The van der Waals surface area contributed by atoms with Gasteiger partial charge in [0.05, 0.1) is 6.26 Å². The number of rotatable bonds is 6. The van der Waals surface area contributed by atoms with Crippen LogP contribution in [0.25, 0.3) is 12.2 Å². The Morgan fingerprint density at radius 1 is 1.00 bits per heavy atom. The molecular formula is C27H28F2N4O6S. The molecule has 5 rings (SSSR count). The predicted octanol–water partition coefficient (Wildman–Crippen LogP) is 3.41. The van der Waals surface area contributed by atoms with Crippen LogP contribution >= 0.6 is 0 Å². The Hall–Kier alpha value is -3.84. The quantitative estimate of drug-likeness (QED) is 0.443. The zero-order chi connectivity index (χ0) is 28.4. The molecule has 10 nitrogen and oxygen atoms in total. The Morgan fingerprint density at radius 2 is 1.70 bits per heavy atom. The third-order valence-electron chi connectivity index (χ3n) is 7.22. The summed E-state index contributed by atoms with van der Waals surface area (Å²) in [4.78, 5) is 28.9. The number of halogens is 2. The van der Waals surface area contributed by atoms with E-state index in [1.54, 1.807) is 21.9 Å². The first-order chi connectivity index (χ1) is 19.1. The van der Waals surface area contributed by atoms with Gasteiger partial charge in [-0.15, -0.1) is 0 Å². The van der Waals surface area contributed by atoms with Crippen LogP contribution in [0.3, 0.4) is 0 Å². The highest BCUT2D eigenvalue weighted by molar-refractivity contribution is 7.89. The molecule has 2 fully saturated rings. The van der Waals surface area contributed by atoms with E-state index in [-0.39, 0.29) is 58.5 Å².